The van der Waals surface area contributed by atoms with Crippen molar-refractivity contribution in [2.45, 2.75) is 20.3 Å². The highest BCUT2D eigenvalue weighted by molar-refractivity contribution is 5.93. The van der Waals surface area contributed by atoms with Crippen LogP contribution in [0.5, 0.6) is 5.75 Å². The minimum Gasteiger partial charge on any atom is -0.493 e. The maximum atomic E-state index is 11.7. The molecule has 2 aromatic rings. The largest absolute Gasteiger partial charge is 0.493 e. The topological polar surface area (TPSA) is 116 Å². The van der Waals surface area contributed by atoms with Gasteiger partial charge in [-0.1, -0.05) is 26.0 Å². The average molecular weight is 315 g/mol. The summed E-state index contributed by atoms with van der Waals surface area (Å²) in [6.07, 6.45) is 0.946. The van der Waals surface area contributed by atoms with Crippen molar-refractivity contribution in [3.8, 4) is 17.0 Å². The fraction of sp³-hybridized carbons (Fsp3) is 0.312. The second kappa shape index (κ2) is 7.55. The van der Waals surface area contributed by atoms with Gasteiger partial charge in [-0.2, -0.15) is 0 Å². The van der Waals surface area contributed by atoms with Crippen LogP contribution in [0, 0.1) is 5.92 Å². The van der Waals surface area contributed by atoms with Gasteiger partial charge in [0.25, 0.3) is 5.91 Å². The number of amides is 1. The molecule has 1 aromatic heterocycles. The summed E-state index contributed by atoms with van der Waals surface area (Å²) in [5, 5.41) is 0. The maximum Gasteiger partial charge on any atom is 0.283 e. The number of nitrogen functional groups attached to an aromatic ring is 2. The number of hydrazine groups is 1. The van der Waals surface area contributed by atoms with Crippen LogP contribution in [0.1, 0.15) is 30.8 Å². The molecule has 0 spiro atoms. The standard InChI is InChI=1S/C16H21N5O2/c1-10(2)7-8-23-14-6-4-3-5-11(14)12-9-13(15(22)21-18)20-16(17)19-12/h3-6,9-10H,7-8,18H2,1-2H3,(H,21,22)(H2,17,19,20). The molecule has 0 saturated heterocycles. The Balaban J connectivity index is 2.34. The minimum absolute atomic E-state index is 0.00177. The van der Waals surface area contributed by atoms with Gasteiger partial charge in [0.1, 0.15) is 11.4 Å². The van der Waals surface area contributed by atoms with E-state index in [-0.39, 0.29) is 11.6 Å². The zero-order valence-electron chi connectivity index (χ0n) is 13.2. The van der Waals surface area contributed by atoms with E-state index < -0.39 is 5.91 Å². The van der Waals surface area contributed by atoms with Gasteiger partial charge in [-0.15, -0.1) is 0 Å². The van der Waals surface area contributed by atoms with Crippen LogP contribution in [0.25, 0.3) is 11.3 Å². The summed E-state index contributed by atoms with van der Waals surface area (Å²) in [5.41, 5.74) is 9.09. The first-order chi connectivity index (χ1) is 11.0. The third kappa shape index (κ3) is 4.40. The van der Waals surface area contributed by atoms with E-state index in [4.69, 9.17) is 16.3 Å². The molecule has 7 nitrogen and oxygen atoms in total. The predicted molar refractivity (Wildman–Crippen MR) is 88.5 cm³/mol. The Labute approximate surface area is 135 Å². The number of anilines is 1. The van der Waals surface area contributed by atoms with Gasteiger partial charge in [-0.05, 0) is 30.5 Å². The monoisotopic (exact) mass is 315 g/mol. The molecule has 0 fully saturated rings. The van der Waals surface area contributed by atoms with Crippen LogP contribution >= 0.6 is 0 Å². The van der Waals surface area contributed by atoms with Crippen LogP contribution in [0.3, 0.4) is 0 Å². The number of carbonyl (C=O) groups excluding carboxylic acids is 1. The lowest BCUT2D eigenvalue weighted by atomic mass is 10.1. The van der Waals surface area contributed by atoms with E-state index >= 15 is 0 Å². The number of hydrogen-bond donors (Lipinski definition) is 3. The van der Waals surface area contributed by atoms with Gasteiger partial charge in [0.05, 0.1) is 12.3 Å². The van der Waals surface area contributed by atoms with Crippen LogP contribution in [0.15, 0.2) is 30.3 Å². The summed E-state index contributed by atoms with van der Waals surface area (Å²) in [5.74, 6) is 5.85. The van der Waals surface area contributed by atoms with Gasteiger partial charge in [0, 0.05) is 5.56 Å². The highest BCUT2D eigenvalue weighted by Crippen LogP contribution is 2.29. The van der Waals surface area contributed by atoms with Gasteiger partial charge < -0.3 is 10.5 Å². The van der Waals surface area contributed by atoms with E-state index in [0.29, 0.717) is 24.0 Å². The third-order valence-electron chi connectivity index (χ3n) is 3.22. The third-order valence-corrected chi connectivity index (χ3v) is 3.22. The molecule has 0 aliphatic carbocycles. The average Bonchev–Trinajstić information content (AvgIpc) is 2.53. The maximum absolute atomic E-state index is 11.7. The molecule has 0 atom stereocenters. The van der Waals surface area contributed by atoms with Gasteiger partial charge in [0.2, 0.25) is 5.95 Å². The summed E-state index contributed by atoms with van der Waals surface area (Å²) >= 11 is 0. The van der Waals surface area contributed by atoms with Gasteiger partial charge >= 0.3 is 0 Å². The second-order valence-corrected chi connectivity index (χ2v) is 5.50. The van der Waals surface area contributed by atoms with Crippen molar-refractivity contribution >= 4 is 11.9 Å². The van der Waals surface area contributed by atoms with Crippen molar-refractivity contribution in [1.82, 2.24) is 15.4 Å². The van der Waals surface area contributed by atoms with Crippen molar-refractivity contribution in [2.24, 2.45) is 11.8 Å². The molecule has 23 heavy (non-hydrogen) atoms. The van der Waals surface area contributed by atoms with Crippen molar-refractivity contribution in [1.29, 1.82) is 0 Å². The van der Waals surface area contributed by atoms with Crippen molar-refractivity contribution in [3.63, 3.8) is 0 Å². The molecule has 7 heteroatoms. The lowest BCUT2D eigenvalue weighted by molar-refractivity contribution is 0.0948. The molecule has 5 N–H and O–H groups in total. The molecule has 1 aromatic carbocycles. The number of hydrogen-bond acceptors (Lipinski definition) is 6. The summed E-state index contributed by atoms with van der Waals surface area (Å²) in [6, 6.07) is 8.99. The van der Waals surface area contributed by atoms with E-state index in [1.165, 1.54) is 6.07 Å². The number of aromatic nitrogens is 2. The lowest BCUT2D eigenvalue weighted by Gasteiger charge is -2.13. The van der Waals surface area contributed by atoms with Crippen molar-refractivity contribution in [2.75, 3.05) is 12.3 Å². The fourth-order valence-corrected chi connectivity index (χ4v) is 2.00. The van der Waals surface area contributed by atoms with Crippen molar-refractivity contribution < 1.29 is 9.53 Å². The highest BCUT2D eigenvalue weighted by Gasteiger charge is 2.13. The molecule has 0 bridgehead atoms. The Hall–Kier alpha value is -2.67. The number of ether oxygens (including phenoxy) is 1. The quantitative estimate of drug-likeness (QED) is 0.425. The first-order valence-electron chi connectivity index (χ1n) is 7.39. The van der Waals surface area contributed by atoms with Crippen LogP contribution < -0.4 is 21.7 Å². The number of nitrogens with zero attached hydrogens (tertiary/aromatic N) is 2. The summed E-state index contributed by atoms with van der Waals surface area (Å²) in [4.78, 5) is 19.7. The highest BCUT2D eigenvalue weighted by atomic mass is 16.5. The van der Waals surface area contributed by atoms with Crippen molar-refractivity contribution in [3.05, 3.63) is 36.0 Å². The van der Waals surface area contributed by atoms with E-state index in [2.05, 4.69) is 23.8 Å². The minimum atomic E-state index is -0.529. The molecule has 0 unspecified atom stereocenters. The number of rotatable bonds is 6. The second-order valence-electron chi connectivity index (χ2n) is 5.50. The molecule has 0 saturated carbocycles. The SMILES string of the molecule is CC(C)CCOc1ccccc1-c1cc(C(=O)NN)nc(N)n1. The zero-order chi connectivity index (χ0) is 16.8. The first-order valence-corrected chi connectivity index (χ1v) is 7.39. The molecule has 2 rings (SSSR count). The van der Waals surface area contributed by atoms with Crippen LogP contribution in [0.2, 0.25) is 0 Å². The molecule has 0 aliphatic rings. The molecule has 0 aliphatic heterocycles. The molecular formula is C16H21N5O2. The normalized spacial score (nSPS) is 10.6. The van der Waals surface area contributed by atoms with Crippen LogP contribution in [-0.4, -0.2) is 22.5 Å². The Kier molecular flexibility index (Phi) is 5.48. The van der Waals surface area contributed by atoms with E-state index in [0.717, 1.165) is 12.0 Å². The number of benzene rings is 1. The Morgan fingerprint density at radius 2 is 2.04 bits per heavy atom. The van der Waals surface area contributed by atoms with Crippen LogP contribution in [-0.2, 0) is 0 Å². The Bertz CT molecular complexity index is 688. The fourth-order valence-electron chi connectivity index (χ4n) is 2.00. The Morgan fingerprint density at radius 3 is 2.74 bits per heavy atom. The van der Waals surface area contributed by atoms with Gasteiger partial charge in [-0.25, -0.2) is 15.8 Å². The lowest BCUT2D eigenvalue weighted by Crippen LogP contribution is -2.31. The Morgan fingerprint density at radius 1 is 1.30 bits per heavy atom. The van der Waals surface area contributed by atoms with E-state index in [9.17, 15) is 4.79 Å². The summed E-state index contributed by atoms with van der Waals surface area (Å²) in [7, 11) is 0. The molecule has 1 heterocycles. The predicted octanol–water partition coefficient (Wildman–Crippen LogP) is 1.75. The molecule has 122 valence electrons. The number of nitrogens with one attached hydrogen (secondary N) is 1. The number of para-hydroxylation sites is 1. The van der Waals surface area contributed by atoms with Gasteiger partial charge in [-0.3, -0.25) is 10.2 Å². The van der Waals surface area contributed by atoms with Gasteiger partial charge in [0.15, 0.2) is 0 Å². The first kappa shape index (κ1) is 16.7. The molecular weight excluding hydrogens is 294 g/mol. The van der Waals surface area contributed by atoms with E-state index in [1.54, 1.807) is 0 Å². The zero-order valence-corrected chi connectivity index (χ0v) is 13.2. The summed E-state index contributed by atoms with van der Waals surface area (Å²) in [6.45, 7) is 4.88. The van der Waals surface area contributed by atoms with E-state index in [1.807, 2.05) is 29.7 Å². The smallest absolute Gasteiger partial charge is 0.283 e. The number of nitrogens with two attached hydrogens (primary N) is 2. The van der Waals surface area contributed by atoms with Crippen LogP contribution in [0.4, 0.5) is 5.95 Å². The summed E-state index contributed by atoms with van der Waals surface area (Å²) < 4.78 is 5.84. The number of carbonyl (C=O) groups is 1. The molecule has 0 radical (unpaired) electrons. The molecule has 1 amide bonds.